The Kier molecular flexibility index (Phi) is 3.02. The maximum Gasteiger partial charge on any atom is 0.342 e. The number of ether oxygens (including phenoxy) is 1. The maximum atomic E-state index is 12.0. The predicted molar refractivity (Wildman–Crippen MR) is 71.9 cm³/mol. The van der Waals surface area contributed by atoms with Gasteiger partial charge in [0.1, 0.15) is 0 Å². The Morgan fingerprint density at radius 3 is 2.61 bits per heavy atom. The van der Waals surface area contributed by atoms with Crippen LogP contribution >= 0.6 is 23.4 Å². The first kappa shape index (κ1) is 11.6. The maximum absolute atomic E-state index is 12.0. The fourth-order valence-corrected chi connectivity index (χ4v) is 3.28. The van der Waals surface area contributed by atoms with E-state index in [4.69, 9.17) is 16.3 Å². The summed E-state index contributed by atoms with van der Waals surface area (Å²) in [4.78, 5) is 12.8. The number of hydrogen-bond donors (Lipinski definition) is 0. The first-order valence-electron chi connectivity index (χ1n) is 5.47. The van der Waals surface area contributed by atoms with Gasteiger partial charge in [-0.2, -0.15) is 0 Å². The van der Waals surface area contributed by atoms with Crippen LogP contribution in [0.25, 0.3) is 0 Å². The SMILES string of the molecule is O=C1OC(c2ccccc2)Sc2cccc(Cl)c21. The molecule has 0 spiro atoms. The van der Waals surface area contributed by atoms with Gasteiger partial charge in [-0.25, -0.2) is 4.79 Å². The molecule has 0 saturated heterocycles. The Bertz CT molecular complexity index is 598. The summed E-state index contributed by atoms with van der Waals surface area (Å²) >= 11 is 7.52. The van der Waals surface area contributed by atoms with Crippen molar-refractivity contribution in [2.75, 3.05) is 0 Å². The molecule has 1 aliphatic heterocycles. The van der Waals surface area contributed by atoms with E-state index in [1.54, 1.807) is 6.07 Å². The minimum atomic E-state index is -0.358. The summed E-state index contributed by atoms with van der Waals surface area (Å²) in [5, 5.41) is 0.441. The molecule has 0 fully saturated rings. The van der Waals surface area contributed by atoms with Gasteiger partial charge >= 0.3 is 5.97 Å². The van der Waals surface area contributed by atoms with Crippen molar-refractivity contribution < 1.29 is 9.53 Å². The van der Waals surface area contributed by atoms with Crippen LogP contribution in [0.1, 0.15) is 21.4 Å². The lowest BCUT2D eigenvalue weighted by molar-refractivity contribution is 0.0440. The third-order valence-electron chi connectivity index (χ3n) is 2.70. The van der Waals surface area contributed by atoms with Gasteiger partial charge in [0.15, 0.2) is 5.44 Å². The molecule has 1 unspecified atom stereocenters. The lowest BCUT2D eigenvalue weighted by Gasteiger charge is -2.24. The molecule has 0 saturated carbocycles. The van der Waals surface area contributed by atoms with Crippen molar-refractivity contribution in [1.29, 1.82) is 0 Å². The monoisotopic (exact) mass is 276 g/mol. The third kappa shape index (κ3) is 2.00. The molecular formula is C14H9ClO2S. The number of hydrogen-bond acceptors (Lipinski definition) is 3. The van der Waals surface area contributed by atoms with Crippen LogP contribution in [-0.4, -0.2) is 5.97 Å². The van der Waals surface area contributed by atoms with Crippen molar-refractivity contribution in [2.24, 2.45) is 0 Å². The molecule has 0 aliphatic carbocycles. The molecule has 0 bridgehead atoms. The highest BCUT2D eigenvalue weighted by Crippen LogP contribution is 2.44. The summed E-state index contributed by atoms with van der Waals surface area (Å²) < 4.78 is 5.42. The van der Waals surface area contributed by atoms with Gasteiger partial charge in [-0.1, -0.05) is 59.8 Å². The van der Waals surface area contributed by atoms with Crippen molar-refractivity contribution in [3.63, 3.8) is 0 Å². The minimum absolute atomic E-state index is 0.301. The molecule has 1 atom stereocenters. The van der Waals surface area contributed by atoms with Crippen LogP contribution in [0, 0.1) is 0 Å². The number of rotatable bonds is 1. The predicted octanol–water partition coefficient (Wildman–Crippen LogP) is 4.30. The molecule has 2 nitrogen and oxygen atoms in total. The van der Waals surface area contributed by atoms with Crippen LogP contribution in [0.4, 0.5) is 0 Å². The molecule has 0 amide bonds. The molecular weight excluding hydrogens is 268 g/mol. The van der Waals surface area contributed by atoms with E-state index in [0.717, 1.165) is 10.5 Å². The van der Waals surface area contributed by atoms with Crippen molar-refractivity contribution in [2.45, 2.75) is 10.3 Å². The zero-order chi connectivity index (χ0) is 12.5. The number of carbonyl (C=O) groups is 1. The van der Waals surface area contributed by atoms with Crippen LogP contribution in [0.15, 0.2) is 53.4 Å². The average Bonchev–Trinajstić information content (AvgIpc) is 2.39. The highest BCUT2D eigenvalue weighted by molar-refractivity contribution is 7.99. The molecule has 18 heavy (non-hydrogen) atoms. The van der Waals surface area contributed by atoms with Crippen molar-refractivity contribution in [3.05, 3.63) is 64.7 Å². The topological polar surface area (TPSA) is 26.3 Å². The number of cyclic esters (lactones) is 1. The third-order valence-corrected chi connectivity index (χ3v) is 4.19. The van der Waals surface area contributed by atoms with Gasteiger partial charge < -0.3 is 4.74 Å². The largest absolute Gasteiger partial charge is 0.442 e. The standard InChI is InChI=1S/C14H9ClO2S/c15-10-7-4-8-11-12(10)13(16)17-14(18-11)9-5-2-1-3-6-9/h1-8,14H. The fourth-order valence-electron chi connectivity index (χ4n) is 1.84. The zero-order valence-corrected chi connectivity index (χ0v) is 10.9. The second kappa shape index (κ2) is 4.67. The van der Waals surface area contributed by atoms with Gasteiger partial charge in [0.05, 0.1) is 10.6 Å². The smallest absolute Gasteiger partial charge is 0.342 e. The lowest BCUT2D eigenvalue weighted by atomic mass is 10.2. The Morgan fingerprint density at radius 2 is 1.83 bits per heavy atom. The summed E-state index contributed by atoms with van der Waals surface area (Å²) in [6.07, 6.45) is 0. The molecule has 90 valence electrons. The van der Waals surface area contributed by atoms with E-state index in [9.17, 15) is 4.79 Å². The van der Waals surface area contributed by atoms with Gasteiger partial charge in [-0.05, 0) is 12.1 Å². The molecule has 2 aromatic carbocycles. The van der Waals surface area contributed by atoms with E-state index < -0.39 is 0 Å². The molecule has 2 aromatic rings. The number of esters is 1. The first-order valence-corrected chi connectivity index (χ1v) is 6.72. The zero-order valence-electron chi connectivity index (χ0n) is 9.30. The Morgan fingerprint density at radius 1 is 1.06 bits per heavy atom. The van der Waals surface area contributed by atoms with E-state index in [1.807, 2.05) is 42.5 Å². The molecule has 0 radical (unpaired) electrons. The lowest BCUT2D eigenvalue weighted by Crippen LogP contribution is -2.16. The molecule has 3 rings (SSSR count). The normalized spacial score (nSPS) is 18.1. The second-order valence-electron chi connectivity index (χ2n) is 3.88. The number of carbonyl (C=O) groups excluding carboxylic acids is 1. The number of benzene rings is 2. The van der Waals surface area contributed by atoms with Crippen molar-refractivity contribution in [1.82, 2.24) is 0 Å². The summed E-state index contributed by atoms with van der Waals surface area (Å²) in [6.45, 7) is 0. The van der Waals surface area contributed by atoms with Gasteiger partial charge in [0.25, 0.3) is 0 Å². The van der Waals surface area contributed by atoms with Crippen LogP contribution < -0.4 is 0 Å². The fraction of sp³-hybridized carbons (Fsp3) is 0.0714. The molecule has 0 aromatic heterocycles. The summed E-state index contributed by atoms with van der Waals surface area (Å²) in [6, 6.07) is 15.1. The van der Waals surface area contributed by atoms with Gasteiger partial charge in [0, 0.05) is 10.5 Å². The average molecular weight is 277 g/mol. The summed E-state index contributed by atoms with van der Waals surface area (Å²) in [5.41, 5.74) is 1.14. The van der Waals surface area contributed by atoms with E-state index in [-0.39, 0.29) is 11.4 Å². The Hall–Kier alpha value is -1.45. The van der Waals surface area contributed by atoms with Crippen LogP contribution in [-0.2, 0) is 4.74 Å². The molecule has 1 aliphatic rings. The molecule has 1 heterocycles. The van der Waals surface area contributed by atoms with Crippen molar-refractivity contribution >= 4 is 29.3 Å². The number of thioether (sulfide) groups is 1. The second-order valence-corrected chi connectivity index (χ2v) is 5.39. The quantitative estimate of drug-likeness (QED) is 0.727. The highest BCUT2D eigenvalue weighted by atomic mass is 35.5. The number of halogens is 1. The van der Waals surface area contributed by atoms with E-state index >= 15 is 0 Å². The van der Waals surface area contributed by atoms with Crippen LogP contribution in [0.3, 0.4) is 0 Å². The van der Waals surface area contributed by atoms with Gasteiger partial charge in [-0.3, -0.25) is 0 Å². The van der Waals surface area contributed by atoms with Crippen molar-refractivity contribution in [3.8, 4) is 0 Å². The van der Waals surface area contributed by atoms with Crippen LogP contribution in [0.5, 0.6) is 0 Å². The summed E-state index contributed by atoms with van der Waals surface area (Å²) in [5.74, 6) is -0.358. The van der Waals surface area contributed by atoms with Gasteiger partial charge in [0.2, 0.25) is 0 Å². The minimum Gasteiger partial charge on any atom is -0.442 e. The Labute approximate surface area is 114 Å². The van der Waals surface area contributed by atoms with Crippen LogP contribution in [0.2, 0.25) is 5.02 Å². The molecule has 0 N–H and O–H groups in total. The molecule has 4 heteroatoms. The highest BCUT2D eigenvalue weighted by Gasteiger charge is 2.29. The van der Waals surface area contributed by atoms with E-state index in [1.165, 1.54) is 11.8 Å². The van der Waals surface area contributed by atoms with E-state index in [0.29, 0.717) is 10.6 Å². The summed E-state index contributed by atoms with van der Waals surface area (Å²) in [7, 11) is 0. The van der Waals surface area contributed by atoms with Gasteiger partial charge in [-0.15, -0.1) is 0 Å². The number of fused-ring (bicyclic) bond motifs is 1. The van der Waals surface area contributed by atoms with E-state index in [2.05, 4.69) is 0 Å². The Balaban J connectivity index is 2.00. The first-order chi connectivity index (χ1) is 8.75.